The predicted molar refractivity (Wildman–Crippen MR) is 89.5 cm³/mol. The predicted octanol–water partition coefficient (Wildman–Crippen LogP) is 3.67. The Bertz CT molecular complexity index is 345. The molecule has 0 fully saturated rings. The molecule has 1 N–H and O–H groups in total. The zero-order valence-corrected chi connectivity index (χ0v) is 13.8. The van der Waals surface area contributed by atoms with Crippen LogP contribution in [0.4, 0.5) is 0 Å². The smallest absolute Gasteiger partial charge is 0.00114 e. The summed E-state index contributed by atoms with van der Waals surface area (Å²) in [5, 5.41) is 3.20. The third-order valence-electron chi connectivity index (χ3n) is 4.07. The van der Waals surface area contributed by atoms with Crippen molar-refractivity contribution in [1.82, 2.24) is 10.2 Å². The second kappa shape index (κ2) is 9.95. The SMILES string of the molecule is CCCN(C)CCC(CC)c1ccc(CCNC)cc1. The van der Waals surface area contributed by atoms with Gasteiger partial charge in [0.05, 0.1) is 0 Å². The van der Waals surface area contributed by atoms with Crippen molar-refractivity contribution in [3.05, 3.63) is 35.4 Å². The van der Waals surface area contributed by atoms with E-state index in [1.165, 1.54) is 43.5 Å². The fourth-order valence-corrected chi connectivity index (χ4v) is 2.70. The van der Waals surface area contributed by atoms with Gasteiger partial charge in [-0.2, -0.15) is 0 Å². The van der Waals surface area contributed by atoms with Crippen molar-refractivity contribution in [2.45, 2.75) is 45.4 Å². The van der Waals surface area contributed by atoms with E-state index in [0.29, 0.717) is 5.92 Å². The summed E-state index contributed by atoms with van der Waals surface area (Å²) in [6.07, 6.45) is 4.86. The monoisotopic (exact) mass is 276 g/mol. The Kier molecular flexibility index (Phi) is 8.56. The van der Waals surface area contributed by atoms with Crippen LogP contribution in [0.3, 0.4) is 0 Å². The summed E-state index contributed by atoms with van der Waals surface area (Å²) in [6, 6.07) is 9.26. The minimum absolute atomic E-state index is 0.702. The van der Waals surface area contributed by atoms with Crippen molar-refractivity contribution in [2.75, 3.05) is 33.7 Å². The van der Waals surface area contributed by atoms with Crippen LogP contribution in [0.25, 0.3) is 0 Å². The molecule has 0 heterocycles. The van der Waals surface area contributed by atoms with E-state index in [1.807, 2.05) is 7.05 Å². The summed E-state index contributed by atoms with van der Waals surface area (Å²) in [5.74, 6) is 0.702. The molecule has 0 bridgehead atoms. The molecular formula is C18H32N2. The summed E-state index contributed by atoms with van der Waals surface area (Å²) in [6.45, 7) is 8.02. The lowest BCUT2D eigenvalue weighted by Crippen LogP contribution is -2.22. The summed E-state index contributed by atoms with van der Waals surface area (Å²) < 4.78 is 0. The van der Waals surface area contributed by atoms with Gasteiger partial charge in [-0.1, -0.05) is 38.1 Å². The summed E-state index contributed by atoms with van der Waals surface area (Å²) in [5.41, 5.74) is 2.94. The van der Waals surface area contributed by atoms with Crippen LogP contribution in [0.5, 0.6) is 0 Å². The molecule has 0 aliphatic rings. The van der Waals surface area contributed by atoms with Gasteiger partial charge in [-0.25, -0.2) is 0 Å². The maximum atomic E-state index is 3.20. The van der Waals surface area contributed by atoms with Gasteiger partial charge in [0, 0.05) is 0 Å². The second-order valence-electron chi connectivity index (χ2n) is 5.79. The van der Waals surface area contributed by atoms with E-state index in [-0.39, 0.29) is 0 Å². The fourth-order valence-electron chi connectivity index (χ4n) is 2.70. The quantitative estimate of drug-likeness (QED) is 0.701. The molecular weight excluding hydrogens is 244 g/mol. The zero-order chi connectivity index (χ0) is 14.8. The van der Waals surface area contributed by atoms with Gasteiger partial charge in [0.2, 0.25) is 0 Å². The minimum Gasteiger partial charge on any atom is -0.319 e. The molecule has 20 heavy (non-hydrogen) atoms. The molecule has 0 saturated heterocycles. The van der Waals surface area contributed by atoms with Crippen molar-refractivity contribution < 1.29 is 0 Å². The van der Waals surface area contributed by atoms with E-state index in [4.69, 9.17) is 0 Å². The van der Waals surface area contributed by atoms with Gasteiger partial charge in [0.1, 0.15) is 0 Å². The van der Waals surface area contributed by atoms with Gasteiger partial charge < -0.3 is 10.2 Å². The average molecular weight is 276 g/mol. The highest BCUT2D eigenvalue weighted by Crippen LogP contribution is 2.24. The molecule has 1 aromatic rings. The van der Waals surface area contributed by atoms with Crippen LogP contribution < -0.4 is 5.32 Å². The molecule has 1 rings (SSSR count). The van der Waals surface area contributed by atoms with E-state index >= 15 is 0 Å². The van der Waals surface area contributed by atoms with Crippen LogP contribution in [-0.2, 0) is 6.42 Å². The summed E-state index contributed by atoms with van der Waals surface area (Å²) in [7, 11) is 4.24. The summed E-state index contributed by atoms with van der Waals surface area (Å²) in [4.78, 5) is 2.45. The van der Waals surface area contributed by atoms with Crippen LogP contribution >= 0.6 is 0 Å². The maximum Gasteiger partial charge on any atom is -0.00114 e. The Morgan fingerprint density at radius 1 is 1.10 bits per heavy atom. The van der Waals surface area contributed by atoms with E-state index in [9.17, 15) is 0 Å². The van der Waals surface area contributed by atoms with Crippen LogP contribution in [0.1, 0.15) is 50.2 Å². The molecule has 114 valence electrons. The Labute approximate surface area is 125 Å². The topological polar surface area (TPSA) is 15.3 Å². The van der Waals surface area contributed by atoms with Crippen molar-refractivity contribution in [3.63, 3.8) is 0 Å². The lowest BCUT2D eigenvalue weighted by molar-refractivity contribution is 0.317. The zero-order valence-electron chi connectivity index (χ0n) is 13.8. The van der Waals surface area contributed by atoms with E-state index < -0.39 is 0 Å². The van der Waals surface area contributed by atoms with Crippen molar-refractivity contribution in [2.24, 2.45) is 0 Å². The molecule has 1 atom stereocenters. The van der Waals surface area contributed by atoms with Crippen molar-refractivity contribution in [3.8, 4) is 0 Å². The average Bonchev–Trinajstić information content (AvgIpc) is 2.47. The van der Waals surface area contributed by atoms with Gasteiger partial charge in [-0.05, 0) is 76.5 Å². The normalized spacial score (nSPS) is 12.8. The third kappa shape index (κ3) is 6.06. The molecule has 0 saturated carbocycles. The number of rotatable bonds is 10. The van der Waals surface area contributed by atoms with Gasteiger partial charge in [0.25, 0.3) is 0 Å². The first-order valence-corrected chi connectivity index (χ1v) is 8.13. The molecule has 1 unspecified atom stereocenters. The van der Waals surface area contributed by atoms with Gasteiger partial charge in [-0.3, -0.25) is 0 Å². The van der Waals surface area contributed by atoms with E-state index in [2.05, 4.69) is 55.4 Å². The second-order valence-corrected chi connectivity index (χ2v) is 5.79. The molecule has 0 aliphatic carbocycles. The Morgan fingerprint density at radius 3 is 2.35 bits per heavy atom. The number of hydrogen-bond donors (Lipinski definition) is 1. The largest absolute Gasteiger partial charge is 0.319 e. The lowest BCUT2D eigenvalue weighted by Gasteiger charge is -2.21. The Morgan fingerprint density at radius 2 is 1.80 bits per heavy atom. The number of nitrogens with zero attached hydrogens (tertiary/aromatic N) is 1. The van der Waals surface area contributed by atoms with Crippen LogP contribution in [0.15, 0.2) is 24.3 Å². The van der Waals surface area contributed by atoms with Gasteiger partial charge >= 0.3 is 0 Å². The van der Waals surface area contributed by atoms with Crippen LogP contribution in [-0.4, -0.2) is 38.6 Å². The highest BCUT2D eigenvalue weighted by atomic mass is 15.1. The van der Waals surface area contributed by atoms with Crippen molar-refractivity contribution in [1.29, 1.82) is 0 Å². The first-order chi connectivity index (χ1) is 9.71. The highest BCUT2D eigenvalue weighted by molar-refractivity contribution is 5.25. The van der Waals surface area contributed by atoms with E-state index in [1.54, 1.807) is 0 Å². The van der Waals surface area contributed by atoms with E-state index in [0.717, 1.165) is 13.0 Å². The molecule has 0 spiro atoms. The fraction of sp³-hybridized carbons (Fsp3) is 0.667. The van der Waals surface area contributed by atoms with Crippen LogP contribution in [0.2, 0.25) is 0 Å². The minimum atomic E-state index is 0.702. The number of benzene rings is 1. The molecule has 2 nitrogen and oxygen atoms in total. The van der Waals surface area contributed by atoms with Crippen molar-refractivity contribution >= 4 is 0 Å². The van der Waals surface area contributed by atoms with Crippen LogP contribution in [0, 0.1) is 0 Å². The number of nitrogens with one attached hydrogen (secondary N) is 1. The maximum absolute atomic E-state index is 3.20. The van der Waals surface area contributed by atoms with Gasteiger partial charge in [0.15, 0.2) is 0 Å². The standard InChI is InChI=1S/C18H32N2/c1-5-14-20(4)15-12-17(6-2)18-9-7-16(8-10-18)11-13-19-3/h7-10,17,19H,5-6,11-15H2,1-4H3. The lowest BCUT2D eigenvalue weighted by atomic mass is 9.92. The molecule has 0 radical (unpaired) electrons. The molecule has 0 amide bonds. The molecule has 0 aromatic heterocycles. The Hall–Kier alpha value is -0.860. The number of hydrogen-bond acceptors (Lipinski definition) is 2. The first kappa shape index (κ1) is 17.2. The summed E-state index contributed by atoms with van der Waals surface area (Å²) >= 11 is 0. The first-order valence-electron chi connectivity index (χ1n) is 8.13. The molecule has 0 aliphatic heterocycles. The Balaban J connectivity index is 2.52. The number of likely N-dealkylation sites (N-methyl/N-ethyl adjacent to an activating group) is 1. The molecule has 2 heteroatoms. The third-order valence-corrected chi connectivity index (χ3v) is 4.07. The van der Waals surface area contributed by atoms with Gasteiger partial charge in [-0.15, -0.1) is 0 Å². The highest BCUT2D eigenvalue weighted by Gasteiger charge is 2.10. The molecule has 1 aromatic carbocycles.